The van der Waals surface area contributed by atoms with Gasteiger partial charge in [-0.1, -0.05) is 41.6 Å². The molecular formula is C21H23N5O3S. The zero-order valence-electron chi connectivity index (χ0n) is 17.2. The second-order valence-corrected chi connectivity index (χ2v) is 7.99. The summed E-state index contributed by atoms with van der Waals surface area (Å²) in [5.41, 5.74) is 3.43. The van der Waals surface area contributed by atoms with Crippen LogP contribution in [0.2, 0.25) is 0 Å². The number of hydrogen-bond donors (Lipinski definition) is 2. The molecular weight excluding hydrogens is 402 g/mol. The highest BCUT2D eigenvalue weighted by atomic mass is 32.2. The molecule has 0 saturated carbocycles. The Kier molecular flexibility index (Phi) is 6.73. The van der Waals surface area contributed by atoms with Crippen LogP contribution in [0.25, 0.3) is 5.69 Å². The molecule has 1 aromatic heterocycles. The number of hydrogen-bond acceptors (Lipinski definition) is 6. The summed E-state index contributed by atoms with van der Waals surface area (Å²) >= 11 is 1.19. The minimum Gasteiger partial charge on any atom is -0.495 e. The summed E-state index contributed by atoms with van der Waals surface area (Å²) in [6.45, 7) is 5.57. The van der Waals surface area contributed by atoms with Gasteiger partial charge in [0.1, 0.15) is 12.1 Å². The van der Waals surface area contributed by atoms with E-state index in [1.807, 2.05) is 56.3 Å². The largest absolute Gasteiger partial charge is 0.495 e. The van der Waals surface area contributed by atoms with Gasteiger partial charge in [0.2, 0.25) is 5.91 Å². The number of urea groups is 1. The lowest BCUT2D eigenvalue weighted by atomic mass is 10.1. The lowest BCUT2D eigenvalue weighted by Gasteiger charge is -2.14. The highest BCUT2D eigenvalue weighted by molar-refractivity contribution is 8.00. The Morgan fingerprint density at radius 1 is 1.17 bits per heavy atom. The molecule has 0 saturated heterocycles. The van der Waals surface area contributed by atoms with Gasteiger partial charge in [0.15, 0.2) is 5.16 Å². The number of carbonyl (C=O) groups excluding carboxylic acids is 2. The third-order valence-corrected chi connectivity index (χ3v) is 5.44. The Morgan fingerprint density at radius 2 is 1.93 bits per heavy atom. The van der Waals surface area contributed by atoms with E-state index >= 15 is 0 Å². The van der Waals surface area contributed by atoms with Gasteiger partial charge in [0.25, 0.3) is 0 Å². The van der Waals surface area contributed by atoms with E-state index in [4.69, 9.17) is 4.74 Å². The lowest BCUT2D eigenvalue weighted by molar-refractivity contribution is -0.119. The Bertz CT molecular complexity index is 1070. The van der Waals surface area contributed by atoms with Gasteiger partial charge in [-0.2, -0.15) is 0 Å². The average molecular weight is 426 g/mol. The predicted molar refractivity (Wildman–Crippen MR) is 116 cm³/mol. The first-order valence-corrected chi connectivity index (χ1v) is 10.2. The Labute approximate surface area is 179 Å². The molecule has 3 aromatic rings. The minimum absolute atomic E-state index is 0.433. The molecule has 8 nitrogen and oxygen atoms in total. The van der Waals surface area contributed by atoms with E-state index in [-0.39, 0.29) is 0 Å². The van der Waals surface area contributed by atoms with Crippen molar-refractivity contribution in [1.29, 1.82) is 0 Å². The number of amides is 3. The van der Waals surface area contributed by atoms with Crippen molar-refractivity contribution < 1.29 is 14.3 Å². The van der Waals surface area contributed by atoms with Crippen LogP contribution < -0.4 is 15.4 Å². The molecule has 3 amide bonds. The Morgan fingerprint density at radius 3 is 2.67 bits per heavy atom. The van der Waals surface area contributed by atoms with Crippen LogP contribution in [0.15, 0.2) is 53.9 Å². The topological polar surface area (TPSA) is 98.1 Å². The summed E-state index contributed by atoms with van der Waals surface area (Å²) in [5, 5.41) is 13.1. The number of imide groups is 1. The van der Waals surface area contributed by atoms with Gasteiger partial charge in [-0.05, 0) is 44.5 Å². The van der Waals surface area contributed by atoms with Gasteiger partial charge < -0.3 is 10.1 Å². The predicted octanol–water partition coefficient (Wildman–Crippen LogP) is 3.72. The number of thioether (sulfide) groups is 1. The number of carbonyl (C=O) groups is 2. The van der Waals surface area contributed by atoms with Crippen LogP contribution in [0.5, 0.6) is 5.75 Å². The summed E-state index contributed by atoms with van der Waals surface area (Å²) in [6.07, 6.45) is 1.55. The maximum atomic E-state index is 12.5. The van der Waals surface area contributed by atoms with Gasteiger partial charge >= 0.3 is 6.03 Å². The number of nitrogens with zero attached hydrogens (tertiary/aromatic N) is 3. The molecule has 0 bridgehead atoms. The zero-order valence-corrected chi connectivity index (χ0v) is 18.0. The van der Waals surface area contributed by atoms with Crippen molar-refractivity contribution in [2.24, 2.45) is 0 Å². The molecule has 0 spiro atoms. The van der Waals surface area contributed by atoms with Crippen LogP contribution in [-0.4, -0.2) is 39.1 Å². The third-order valence-electron chi connectivity index (χ3n) is 4.38. The standard InChI is InChI=1S/C21H23N5O3S/c1-13-9-10-16(14(2)11-13)23-20(28)24-19(27)15(3)30-21-25-22-12-26(21)17-7-5-6-8-18(17)29-4/h5-12,15H,1-4H3,(H2,23,24,27,28). The number of aryl methyl sites for hydroxylation is 2. The first-order chi connectivity index (χ1) is 14.4. The number of anilines is 1. The SMILES string of the molecule is COc1ccccc1-n1cnnc1SC(C)C(=O)NC(=O)Nc1ccc(C)cc1C. The molecule has 0 aliphatic rings. The summed E-state index contributed by atoms with van der Waals surface area (Å²) in [7, 11) is 1.58. The summed E-state index contributed by atoms with van der Waals surface area (Å²) < 4.78 is 7.12. The molecule has 1 unspecified atom stereocenters. The monoisotopic (exact) mass is 425 g/mol. The third kappa shape index (κ3) is 4.98. The molecule has 9 heteroatoms. The van der Waals surface area contributed by atoms with Crippen molar-refractivity contribution in [2.45, 2.75) is 31.2 Å². The van der Waals surface area contributed by atoms with Crippen molar-refractivity contribution in [3.05, 3.63) is 59.9 Å². The number of rotatable bonds is 6. The number of aromatic nitrogens is 3. The molecule has 156 valence electrons. The number of para-hydroxylation sites is 2. The number of benzene rings is 2. The average Bonchev–Trinajstić information content (AvgIpc) is 3.17. The molecule has 1 atom stereocenters. The van der Waals surface area contributed by atoms with Crippen LogP contribution in [0.1, 0.15) is 18.1 Å². The van der Waals surface area contributed by atoms with E-state index in [0.29, 0.717) is 16.6 Å². The molecule has 30 heavy (non-hydrogen) atoms. The normalized spacial score (nSPS) is 11.6. The fourth-order valence-corrected chi connectivity index (χ4v) is 3.67. The molecule has 2 aromatic carbocycles. The van der Waals surface area contributed by atoms with Crippen LogP contribution in [0.3, 0.4) is 0 Å². The van der Waals surface area contributed by atoms with Gasteiger partial charge in [0.05, 0.1) is 18.0 Å². The van der Waals surface area contributed by atoms with Crippen LogP contribution >= 0.6 is 11.8 Å². The van der Waals surface area contributed by atoms with Crippen LogP contribution in [-0.2, 0) is 4.79 Å². The highest BCUT2D eigenvalue weighted by Gasteiger charge is 2.21. The molecule has 2 N–H and O–H groups in total. The highest BCUT2D eigenvalue weighted by Crippen LogP contribution is 2.28. The Hall–Kier alpha value is -3.33. The Balaban J connectivity index is 1.65. The van der Waals surface area contributed by atoms with Crippen molar-refractivity contribution in [1.82, 2.24) is 20.1 Å². The van der Waals surface area contributed by atoms with Crippen molar-refractivity contribution >= 4 is 29.4 Å². The van der Waals surface area contributed by atoms with E-state index in [1.54, 1.807) is 24.9 Å². The molecule has 1 heterocycles. The molecule has 0 aliphatic heterocycles. The quantitative estimate of drug-likeness (QED) is 0.584. The number of ether oxygens (including phenoxy) is 1. The first kappa shape index (κ1) is 21.4. The van der Waals surface area contributed by atoms with Gasteiger partial charge in [-0.25, -0.2) is 4.79 Å². The summed E-state index contributed by atoms with van der Waals surface area (Å²) in [5.74, 6) is 0.223. The van der Waals surface area contributed by atoms with E-state index in [1.165, 1.54) is 11.8 Å². The van der Waals surface area contributed by atoms with Gasteiger partial charge in [-0.15, -0.1) is 10.2 Å². The number of nitrogens with one attached hydrogen (secondary N) is 2. The fourth-order valence-electron chi connectivity index (χ4n) is 2.83. The van der Waals surface area contributed by atoms with Crippen molar-refractivity contribution in [2.75, 3.05) is 12.4 Å². The first-order valence-electron chi connectivity index (χ1n) is 9.28. The molecule has 0 fully saturated rings. The van der Waals surface area contributed by atoms with Crippen molar-refractivity contribution in [3.8, 4) is 11.4 Å². The maximum Gasteiger partial charge on any atom is 0.325 e. The molecule has 0 aliphatic carbocycles. The smallest absolute Gasteiger partial charge is 0.325 e. The van der Waals surface area contributed by atoms with E-state index in [0.717, 1.165) is 16.8 Å². The van der Waals surface area contributed by atoms with E-state index in [2.05, 4.69) is 20.8 Å². The molecule has 3 rings (SSSR count). The van der Waals surface area contributed by atoms with Crippen LogP contribution in [0.4, 0.5) is 10.5 Å². The van der Waals surface area contributed by atoms with Gasteiger partial charge in [0, 0.05) is 5.69 Å². The summed E-state index contributed by atoms with van der Waals surface area (Å²) in [4.78, 5) is 24.7. The molecule has 0 radical (unpaired) electrons. The summed E-state index contributed by atoms with van der Waals surface area (Å²) in [6, 6.07) is 12.5. The minimum atomic E-state index is -0.578. The second kappa shape index (κ2) is 9.45. The fraction of sp³-hybridized carbons (Fsp3) is 0.238. The van der Waals surface area contributed by atoms with Gasteiger partial charge in [-0.3, -0.25) is 14.7 Å². The van der Waals surface area contributed by atoms with E-state index < -0.39 is 17.2 Å². The maximum absolute atomic E-state index is 12.5. The zero-order chi connectivity index (χ0) is 21.7. The van der Waals surface area contributed by atoms with Crippen LogP contribution in [0, 0.1) is 13.8 Å². The number of methoxy groups -OCH3 is 1. The lowest BCUT2D eigenvalue weighted by Crippen LogP contribution is -2.39. The van der Waals surface area contributed by atoms with E-state index in [9.17, 15) is 9.59 Å². The second-order valence-electron chi connectivity index (χ2n) is 6.68. The van der Waals surface area contributed by atoms with Crippen molar-refractivity contribution in [3.63, 3.8) is 0 Å².